The van der Waals surface area contributed by atoms with E-state index in [4.69, 9.17) is 15.2 Å². The number of nitrogens with zero attached hydrogens (tertiary/aromatic N) is 1. The molecule has 0 unspecified atom stereocenters. The molecule has 0 atom stereocenters. The van der Waals surface area contributed by atoms with Crippen LogP contribution in [0.25, 0.3) is 6.08 Å². The molecule has 3 nitrogen and oxygen atoms in total. The van der Waals surface area contributed by atoms with E-state index in [0.29, 0.717) is 0 Å². The standard InChI is InChI=1S/C12H11N.C2HF3O2/c13-9-10-6-7-11-4-2-1-3-5-12(11)8-10;3-2(4,5)1(6)7/h2,4,6-8H,1,3,5H2;(H,6,7). The number of halogens is 3. The lowest BCUT2D eigenvalue weighted by molar-refractivity contribution is -0.192. The van der Waals surface area contributed by atoms with Crippen LogP contribution in [0.15, 0.2) is 24.3 Å². The number of hydrogen-bond acceptors (Lipinski definition) is 2. The molecule has 20 heavy (non-hydrogen) atoms. The van der Waals surface area contributed by atoms with Crippen LogP contribution in [-0.4, -0.2) is 17.3 Å². The first-order valence-corrected chi connectivity index (χ1v) is 5.84. The Labute approximate surface area is 114 Å². The van der Waals surface area contributed by atoms with Gasteiger partial charge in [0.05, 0.1) is 11.6 Å². The lowest BCUT2D eigenvalue weighted by atomic mass is 10.0. The Morgan fingerprint density at radius 1 is 1.35 bits per heavy atom. The Kier molecular flexibility index (Phi) is 5.32. The smallest absolute Gasteiger partial charge is 0.475 e. The molecule has 0 saturated carbocycles. The molecular weight excluding hydrogens is 271 g/mol. The minimum absolute atomic E-state index is 0.772. The highest BCUT2D eigenvalue weighted by atomic mass is 19.4. The monoisotopic (exact) mass is 283 g/mol. The zero-order chi connectivity index (χ0) is 15.2. The molecule has 0 aliphatic heterocycles. The fraction of sp³-hybridized carbons (Fsp3) is 0.286. The number of rotatable bonds is 0. The van der Waals surface area contributed by atoms with Gasteiger partial charge in [0.25, 0.3) is 0 Å². The molecule has 2 rings (SSSR count). The Bertz CT molecular complexity index is 557. The van der Waals surface area contributed by atoms with Crippen LogP contribution in [0.5, 0.6) is 0 Å². The summed E-state index contributed by atoms with van der Waals surface area (Å²) in [4.78, 5) is 8.90. The van der Waals surface area contributed by atoms with Gasteiger partial charge in [0.1, 0.15) is 0 Å². The van der Waals surface area contributed by atoms with E-state index in [9.17, 15) is 13.2 Å². The molecule has 0 heterocycles. The third kappa shape index (κ3) is 4.76. The van der Waals surface area contributed by atoms with E-state index < -0.39 is 12.1 Å². The highest BCUT2D eigenvalue weighted by Crippen LogP contribution is 2.19. The molecule has 0 aromatic heterocycles. The van der Waals surface area contributed by atoms with Gasteiger partial charge in [-0.1, -0.05) is 18.2 Å². The van der Waals surface area contributed by atoms with E-state index in [0.717, 1.165) is 18.4 Å². The molecule has 1 N–H and O–H groups in total. The number of carboxylic acids is 1. The Balaban J connectivity index is 0.000000246. The summed E-state index contributed by atoms with van der Waals surface area (Å²) in [5, 5.41) is 15.9. The molecule has 1 aliphatic carbocycles. The van der Waals surface area contributed by atoms with Crippen molar-refractivity contribution in [1.29, 1.82) is 5.26 Å². The van der Waals surface area contributed by atoms with Crippen molar-refractivity contribution in [2.45, 2.75) is 25.4 Å². The highest BCUT2D eigenvalue weighted by Gasteiger charge is 2.38. The predicted molar refractivity (Wildman–Crippen MR) is 66.8 cm³/mol. The summed E-state index contributed by atoms with van der Waals surface area (Å²) in [7, 11) is 0. The summed E-state index contributed by atoms with van der Waals surface area (Å²) in [5.74, 6) is -2.76. The number of allylic oxidation sites excluding steroid dienone is 1. The first-order valence-electron chi connectivity index (χ1n) is 5.84. The largest absolute Gasteiger partial charge is 0.490 e. The van der Waals surface area contributed by atoms with Crippen LogP contribution in [0.4, 0.5) is 13.2 Å². The van der Waals surface area contributed by atoms with Crippen molar-refractivity contribution in [1.82, 2.24) is 0 Å². The van der Waals surface area contributed by atoms with Gasteiger partial charge in [-0.2, -0.15) is 18.4 Å². The average Bonchev–Trinajstić information content (AvgIpc) is 2.62. The number of carbonyl (C=O) groups is 1. The Morgan fingerprint density at radius 3 is 2.55 bits per heavy atom. The van der Waals surface area contributed by atoms with Crippen LogP contribution in [0.3, 0.4) is 0 Å². The molecule has 1 aromatic rings. The van der Waals surface area contributed by atoms with Crippen LogP contribution >= 0.6 is 0 Å². The third-order valence-electron chi connectivity index (χ3n) is 2.63. The number of fused-ring (bicyclic) bond motifs is 1. The third-order valence-corrected chi connectivity index (χ3v) is 2.63. The zero-order valence-electron chi connectivity index (χ0n) is 10.4. The number of aryl methyl sites for hydroxylation is 1. The van der Waals surface area contributed by atoms with Gasteiger partial charge in [0.15, 0.2) is 0 Å². The van der Waals surface area contributed by atoms with Crippen molar-refractivity contribution in [2.75, 3.05) is 0 Å². The molecule has 0 saturated heterocycles. The minimum atomic E-state index is -5.08. The van der Waals surface area contributed by atoms with E-state index >= 15 is 0 Å². The maximum absolute atomic E-state index is 10.6. The van der Waals surface area contributed by atoms with E-state index in [-0.39, 0.29) is 0 Å². The number of hydrogen-bond donors (Lipinski definition) is 1. The van der Waals surface area contributed by atoms with Gasteiger partial charge >= 0.3 is 12.1 Å². The summed E-state index contributed by atoms with van der Waals surface area (Å²) < 4.78 is 31.7. The second kappa shape index (κ2) is 6.75. The second-order valence-corrected chi connectivity index (χ2v) is 4.12. The summed E-state index contributed by atoms with van der Waals surface area (Å²) in [6.45, 7) is 0. The molecule has 106 valence electrons. The van der Waals surface area contributed by atoms with Gasteiger partial charge in [0, 0.05) is 0 Å². The van der Waals surface area contributed by atoms with Crippen molar-refractivity contribution < 1.29 is 23.1 Å². The number of alkyl halides is 3. The number of nitriles is 1. The normalized spacial score (nSPS) is 13.3. The molecule has 0 radical (unpaired) electrons. The maximum Gasteiger partial charge on any atom is 0.490 e. The van der Waals surface area contributed by atoms with Crippen molar-refractivity contribution in [3.05, 3.63) is 41.0 Å². The Hall–Kier alpha value is -2.29. The first kappa shape index (κ1) is 15.8. The molecule has 1 aliphatic rings. The zero-order valence-corrected chi connectivity index (χ0v) is 10.4. The number of aliphatic carboxylic acids is 1. The fourth-order valence-corrected chi connectivity index (χ4v) is 1.68. The van der Waals surface area contributed by atoms with Crippen molar-refractivity contribution >= 4 is 12.0 Å². The van der Waals surface area contributed by atoms with E-state index in [1.165, 1.54) is 17.5 Å². The summed E-state index contributed by atoms with van der Waals surface area (Å²) in [6.07, 6.45) is 2.72. The molecule has 0 amide bonds. The first-order chi connectivity index (χ1) is 9.34. The van der Waals surface area contributed by atoms with Crippen LogP contribution in [0, 0.1) is 11.3 Å². The Morgan fingerprint density at radius 2 is 2.00 bits per heavy atom. The summed E-state index contributed by atoms with van der Waals surface area (Å²) in [5.41, 5.74) is 3.36. The van der Waals surface area contributed by atoms with Gasteiger partial charge in [-0.3, -0.25) is 0 Å². The van der Waals surface area contributed by atoms with Crippen LogP contribution in [-0.2, 0) is 11.2 Å². The van der Waals surface area contributed by atoms with Gasteiger partial charge < -0.3 is 5.11 Å². The van der Waals surface area contributed by atoms with E-state index in [1.54, 1.807) is 0 Å². The van der Waals surface area contributed by atoms with Crippen molar-refractivity contribution in [3.63, 3.8) is 0 Å². The number of benzene rings is 1. The SMILES string of the molecule is N#Cc1ccc2c(c1)CCCC=C2.O=C(O)C(F)(F)F. The molecule has 1 aromatic carbocycles. The van der Waals surface area contributed by atoms with Gasteiger partial charge in [-0.25, -0.2) is 4.79 Å². The second-order valence-electron chi connectivity index (χ2n) is 4.12. The van der Waals surface area contributed by atoms with Crippen LogP contribution in [0.1, 0.15) is 29.5 Å². The molecule has 0 spiro atoms. The van der Waals surface area contributed by atoms with E-state index in [2.05, 4.69) is 18.2 Å². The quantitative estimate of drug-likeness (QED) is 0.792. The lowest BCUT2D eigenvalue weighted by Crippen LogP contribution is -2.21. The predicted octanol–water partition coefficient (Wildman–Crippen LogP) is 3.54. The lowest BCUT2D eigenvalue weighted by Gasteiger charge is -2.02. The molecule has 0 bridgehead atoms. The summed E-state index contributed by atoms with van der Waals surface area (Å²) >= 11 is 0. The fourth-order valence-electron chi connectivity index (χ4n) is 1.68. The van der Waals surface area contributed by atoms with Crippen LogP contribution < -0.4 is 0 Å². The molecule has 0 fully saturated rings. The number of carboxylic acid groups (broad SMARTS) is 1. The maximum atomic E-state index is 10.6. The average molecular weight is 283 g/mol. The van der Waals surface area contributed by atoms with Gasteiger partial charge in [-0.15, -0.1) is 0 Å². The van der Waals surface area contributed by atoms with Gasteiger partial charge in [-0.05, 0) is 42.5 Å². The molecular formula is C14H12F3NO2. The summed E-state index contributed by atoms with van der Waals surface area (Å²) in [6, 6.07) is 8.10. The molecule has 6 heteroatoms. The topological polar surface area (TPSA) is 61.1 Å². The van der Waals surface area contributed by atoms with Gasteiger partial charge in [0.2, 0.25) is 0 Å². The minimum Gasteiger partial charge on any atom is -0.475 e. The van der Waals surface area contributed by atoms with Crippen LogP contribution in [0.2, 0.25) is 0 Å². The van der Waals surface area contributed by atoms with E-state index in [1.807, 2.05) is 18.2 Å². The van der Waals surface area contributed by atoms with Crippen molar-refractivity contribution in [2.24, 2.45) is 0 Å². The highest BCUT2D eigenvalue weighted by molar-refractivity contribution is 5.73. The van der Waals surface area contributed by atoms with Crippen molar-refractivity contribution in [3.8, 4) is 6.07 Å².